The molecule has 0 spiro atoms. The Morgan fingerprint density at radius 2 is 1.90 bits per heavy atom. The molecule has 8 heteroatoms. The first kappa shape index (κ1) is 14.4. The Morgan fingerprint density at radius 1 is 1.29 bits per heavy atom. The Bertz CT molecular complexity index is 706. The Morgan fingerprint density at radius 3 is 2.48 bits per heavy atom. The zero-order chi connectivity index (χ0) is 15.4. The highest BCUT2D eigenvalue weighted by atomic mass is 32.2. The van der Waals surface area contributed by atoms with Crippen molar-refractivity contribution in [1.29, 1.82) is 0 Å². The lowest BCUT2D eigenvalue weighted by Crippen LogP contribution is -2.33. The van der Waals surface area contributed by atoms with Crippen LogP contribution in [0.2, 0.25) is 0 Å². The quantitative estimate of drug-likeness (QED) is 0.630. The van der Waals surface area contributed by atoms with Gasteiger partial charge in [-0.05, 0) is 49.9 Å². The van der Waals surface area contributed by atoms with Crippen LogP contribution in [0.4, 0.5) is 5.69 Å². The summed E-state index contributed by atoms with van der Waals surface area (Å²) in [5.41, 5.74) is 0.954. The van der Waals surface area contributed by atoms with Gasteiger partial charge in [0.25, 0.3) is 5.69 Å². The molecular formula is C13H17N3O4S. The number of benzene rings is 1. The van der Waals surface area contributed by atoms with Crippen LogP contribution in [0.5, 0.6) is 0 Å². The van der Waals surface area contributed by atoms with Gasteiger partial charge in [-0.3, -0.25) is 10.1 Å². The molecule has 2 fully saturated rings. The van der Waals surface area contributed by atoms with Crippen LogP contribution in [0.3, 0.4) is 0 Å². The van der Waals surface area contributed by atoms with E-state index in [-0.39, 0.29) is 16.6 Å². The van der Waals surface area contributed by atoms with E-state index in [0.717, 1.165) is 19.2 Å². The molecule has 0 bridgehead atoms. The molecule has 1 aliphatic heterocycles. The van der Waals surface area contributed by atoms with Crippen molar-refractivity contribution < 1.29 is 13.3 Å². The van der Waals surface area contributed by atoms with Gasteiger partial charge >= 0.3 is 0 Å². The van der Waals surface area contributed by atoms with E-state index in [1.54, 1.807) is 13.8 Å². The highest BCUT2D eigenvalue weighted by molar-refractivity contribution is 7.89. The highest BCUT2D eigenvalue weighted by Gasteiger charge is 2.54. The number of nitro benzene ring substituents is 1. The van der Waals surface area contributed by atoms with Crippen molar-refractivity contribution in [3.05, 3.63) is 33.4 Å². The zero-order valence-electron chi connectivity index (χ0n) is 11.8. The fraction of sp³-hybridized carbons (Fsp3) is 0.538. The minimum Gasteiger partial charge on any atom is -0.316 e. The van der Waals surface area contributed by atoms with Gasteiger partial charge in [-0.15, -0.1) is 0 Å². The van der Waals surface area contributed by atoms with Gasteiger partial charge < -0.3 is 5.32 Å². The van der Waals surface area contributed by atoms with Crippen molar-refractivity contribution >= 4 is 15.7 Å². The summed E-state index contributed by atoms with van der Waals surface area (Å²) >= 11 is 0. The number of nitrogens with one attached hydrogen (secondary N) is 2. The van der Waals surface area contributed by atoms with E-state index in [1.165, 1.54) is 6.07 Å². The van der Waals surface area contributed by atoms with Crippen molar-refractivity contribution in [2.24, 2.45) is 11.8 Å². The van der Waals surface area contributed by atoms with E-state index in [1.807, 2.05) is 0 Å². The monoisotopic (exact) mass is 311 g/mol. The van der Waals surface area contributed by atoms with E-state index in [2.05, 4.69) is 10.0 Å². The normalized spacial score (nSPS) is 27.4. The average molecular weight is 311 g/mol. The van der Waals surface area contributed by atoms with Gasteiger partial charge in [-0.2, -0.15) is 0 Å². The summed E-state index contributed by atoms with van der Waals surface area (Å²) in [5, 5.41) is 14.1. The largest absolute Gasteiger partial charge is 0.316 e. The molecule has 21 heavy (non-hydrogen) atoms. The molecule has 1 saturated heterocycles. The van der Waals surface area contributed by atoms with Crippen LogP contribution < -0.4 is 10.0 Å². The lowest BCUT2D eigenvalue weighted by atomic mass is 10.1. The Hall–Kier alpha value is -1.51. The summed E-state index contributed by atoms with van der Waals surface area (Å²) in [7, 11) is -3.73. The van der Waals surface area contributed by atoms with Gasteiger partial charge in [0.1, 0.15) is 0 Å². The number of hydrogen-bond donors (Lipinski definition) is 2. The molecule has 114 valence electrons. The van der Waals surface area contributed by atoms with Crippen LogP contribution in [0.15, 0.2) is 17.0 Å². The Balaban J connectivity index is 1.93. The Kier molecular flexibility index (Phi) is 3.27. The predicted octanol–water partition coefficient (Wildman–Crippen LogP) is 0.708. The number of fused-ring (bicyclic) bond motifs is 1. The zero-order valence-corrected chi connectivity index (χ0v) is 12.6. The number of non-ortho nitro benzene ring substituents is 1. The fourth-order valence-corrected chi connectivity index (χ4v) is 4.70. The molecular weight excluding hydrogens is 294 g/mol. The van der Waals surface area contributed by atoms with Crippen molar-refractivity contribution in [1.82, 2.24) is 10.0 Å². The summed E-state index contributed by atoms with van der Waals surface area (Å²) in [6, 6.07) is 2.49. The van der Waals surface area contributed by atoms with Crippen LogP contribution in [-0.2, 0) is 10.0 Å². The van der Waals surface area contributed by atoms with Gasteiger partial charge in [-0.1, -0.05) is 0 Å². The summed E-state index contributed by atoms with van der Waals surface area (Å²) < 4.78 is 27.7. The summed E-state index contributed by atoms with van der Waals surface area (Å²) in [5.74, 6) is 0.694. The summed E-state index contributed by atoms with van der Waals surface area (Å²) in [6.45, 7) is 5.00. The number of nitrogens with zero attached hydrogens (tertiary/aromatic N) is 1. The van der Waals surface area contributed by atoms with Crippen molar-refractivity contribution in [3.8, 4) is 0 Å². The van der Waals surface area contributed by atoms with Crippen LogP contribution in [-0.4, -0.2) is 32.5 Å². The van der Waals surface area contributed by atoms with E-state index >= 15 is 0 Å². The first-order chi connectivity index (χ1) is 9.81. The highest BCUT2D eigenvalue weighted by Crippen LogP contribution is 2.42. The smallest absolute Gasteiger partial charge is 0.271 e. The van der Waals surface area contributed by atoms with E-state index in [9.17, 15) is 18.5 Å². The predicted molar refractivity (Wildman–Crippen MR) is 76.5 cm³/mol. The molecule has 2 aliphatic rings. The molecule has 0 aromatic heterocycles. The molecule has 3 rings (SSSR count). The van der Waals surface area contributed by atoms with Crippen LogP contribution >= 0.6 is 0 Å². The van der Waals surface area contributed by atoms with Gasteiger partial charge in [0.15, 0.2) is 0 Å². The summed E-state index contributed by atoms with van der Waals surface area (Å²) in [4.78, 5) is 10.4. The Labute approximate surface area is 122 Å². The topological polar surface area (TPSA) is 101 Å². The number of aryl methyl sites for hydroxylation is 1. The third-order valence-electron chi connectivity index (χ3n) is 4.49. The van der Waals surface area contributed by atoms with Crippen LogP contribution in [0.1, 0.15) is 11.1 Å². The minimum absolute atomic E-state index is 0.00660. The maximum absolute atomic E-state index is 12.5. The van der Waals surface area contributed by atoms with Gasteiger partial charge in [-0.25, -0.2) is 13.1 Å². The second kappa shape index (κ2) is 4.75. The van der Waals surface area contributed by atoms with Gasteiger partial charge in [0.05, 0.1) is 9.82 Å². The maximum atomic E-state index is 12.5. The molecule has 1 heterocycles. The molecule has 1 aliphatic carbocycles. The van der Waals surface area contributed by atoms with Crippen molar-refractivity contribution in [2.45, 2.75) is 24.8 Å². The van der Waals surface area contributed by atoms with Crippen LogP contribution in [0.25, 0.3) is 0 Å². The first-order valence-electron chi connectivity index (χ1n) is 6.80. The second-order valence-electron chi connectivity index (χ2n) is 5.78. The third-order valence-corrected chi connectivity index (χ3v) is 6.07. The van der Waals surface area contributed by atoms with Crippen molar-refractivity contribution in [2.75, 3.05) is 13.1 Å². The molecule has 0 amide bonds. The average Bonchev–Trinajstić information content (AvgIpc) is 2.85. The molecule has 2 atom stereocenters. The van der Waals surface area contributed by atoms with Crippen LogP contribution in [0, 0.1) is 35.8 Å². The standard InChI is InChI=1S/C13H17N3O4S/c1-7-3-9(16(17)18)4-12(8(7)2)21(19,20)15-13-10-5-14-6-11(10)13/h3-4,10-11,13-15H,5-6H2,1-2H3. The lowest BCUT2D eigenvalue weighted by Gasteiger charge is -2.12. The third kappa shape index (κ3) is 2.43. The summed E-state index contributed by atoms with van der Waals surface area (Å²) in [6.07, 6.45) is 0. The molecule has 7 nitrogen and oxygen atoms in total. The maximum Gasteiger partial charge on any atom is 0.271 e. The second-order valence-corrected chi connectivity index (χ2v) is 7.46. The number of hydrogen-bond acceptors (Lipinski definition) is 5. The first-order valence-corrected chi connectivity index (χ1v) is 8.28. The van der Waals surface area contributed by atoms with Crippen molar-refractivity contribution in [3.63, 3.8) is 0 Å². The molecule has 1 saturated carbocycles. The molecule has 2 N–H and O–H groups in total. The fourth-order valence-electron chi connectivity index (χ4n) is 3.03. The minimum atomic E-state index is -3.73. The van der Waals surface area contributed by atoms with E-state index < -0.39 is 14.9 Å². The number of sulfonamides is 1. The van der Waals surface area contributed by atoms with E-state index in [4.69, 9.17) is 0 Å². The molecule has 1 aromatic rings. The van der Waals surface area contributed by atoms with E-state index in [0.29, 0.717) is 23.0 Å². The van der Waals surface area contributed by atoms with Gasteiger partial charge in [0, 0.05) is 18.2 Å². The SMILES string of the molecule is Cc1cc([N+](=O)[O-])cc(S(=O)(=O)NC2C3CNCC32)c1C. The lowest BCUT2D eigenvalue weighted by molar-refractivity contribution is -0.385. The molecule has 0 radical (unpaired) electrons. The molecule has 1 aromatic carbocycles. The number of nitro groups is 1. The number of rotatable bonds is 4. The molecule has 2 unspecified atom stereocenters. The van der Waals surface area contributed by atoms with Gasteiger partial charge in [0.2, 0.25) is 10.0 Å². The number of piperidine rings is 1.